The number of Topliss-reactive ketones (excluding diaryl/α,β-unsaturated/α-hetero) is 1. The van der Waals surface area contributed by atoms with E-state index in [9.17, 15) is 14.4 Å². The van der Waals surface area contributed by atoms with Gasteiger partial charge >= 0.3 is 11.9 Å². The minimum atomic E-state index is -0.863. The van der Waals surface area contributed by atoms with Crippen LogP contribution in [0.15, 0.2) is 54.6 Å². The molecule has 1 N–H and O–H groups in total. The second kappa shape index (κ2) is 8.36. The second-order valence-electron chi connectivity index (χ2n) is 4.31. The summed E-state index contributed by atoms with van der Waals surface area (Å²) in [5.41, 5.74) is 1.53. The number of hydrogen-bond acceptors (Lipinski definition) is 4. The quantitative estimate of drug-likeness (QED) is 0.535. The normalized spacial score (nSPS) is 9.18. The van der Waals surface area contributed by atoms with Crippen molar-refractivity contribution in [2.24, 2.45) is 0 Å². The third-order valence-electron chi connectivity index (χ3n) is 2.78. The molecular formula is C17H16O5. The zero-order chi connectivity index (χ0) is 16.5. The number of aryl methyl sites for hydroxylation is 1. The van der Waals surface area contributed by atoms with E-state index in [1.165, 1.54) is 7.11 Å². The van der Waals surface area contributed by atoms with Gasteiger partial charge in [-0.3, -0.25) is 4.79 Å². The van der Waals surface area contributed by atoms with Crippen LogP contribution in [0.4, 0.5) is 0 Å². The number of ketones is 1. The van der Waals surface area contributed by atoms with Crippen molar-refractivity contribution in [3.63, 3.8) is 0 Å². The lowest BCUT2D eigenvalue weighted by molar-refractivity contribution is -0.135. The molecule has 114 valence electrons. The first-order chi connectivity index (χ1) is 10.5. The van der Waals surface area contributed by atoms with Gasteiger partial charge in [-0.2, -0.15) is 0 Å². The average molecular weight is 300 g/mol. The smallest absolute Gasteiger partial charge is 0.379 e. The Morgan fingerprint density at radius 1 is 0.909 bits per heavy atom. The van der Waals surface area contributed by atoms with E-state index in [2.05, 4.69) is 4.74 Å². The molecule has 0 radical (unpaired) electrons. The van der Waals surface area contributed by atoms with Gasteiger partial charge in [-0.1, -0.05) is 48.5 Å². The van der Waals surface area contributed by atoms with Crippen molar-refractivity contribution >= 4 is 17.7 Å². The number of methoxy groups -OCH3 is 1. The molecular weight excluding hydrogens is 284 g/mol. The highest BCUT2D eigenvalue weighted by molar-refractivity contribution is 6.40. The first-order valence-corrected chi connectivity index (χ1v) is 6.44. The summed E-state index contributed by atoms with van der Waals surface area (Å²) < 4.78 is 4.28. The Labute approximate surface area is 128 Å². The minimum Gasteiger partial charge on any atom is -0.478 e. The van der Waals surface area contributed by atoms with Gasteiger partial charge in [0, 0.05) is 5.56 Å². The van der Waals surface area contributed by atoms with Crippen LogP contribution in [-0.4, -0.2) is 29.9 Å². The van der Waals surface area contributed by atoms with Crippen molar-refractivity contribution in [1.29, 1.82) is 0 Å². The molecule has 2 aromatic carbocycles. The summed E-state index contributed by atoms with van der Waals surface area (Å²) in [6, 6.07) is 15.2. The molecule has 0 aromatic heterocycles. The van der Waals surface area contributed by atoms with Crippen LogP contribution in [0, 0.1) is 6.92 Å². The molecule has 0 aliphatic rings. The molecule has 0 saturated carbocycles. The highest BCUT2D eigenvalue weighted by Crippen LogP contribution is 2.05. The lowest BCUT2D eigenvalue weighted by Crippen LogP contribution is -2.15. The summed E-state index contributed by atoms with van der Waals surface area (Å²) in [5, 5.41) is 8.57. The molecule has 0 bridgehead atoms. The lowest BCUT2D eigenvalue weighted by Gasteiger charge is -1.96. The van der Waals surface area contributed by atoms with E-state index in [1.807, 2.05) is 6.07 Å². The maximum absolute atomic E-state index is 11.1. The molecule has 0 saturated heterocycles. The second-order valence-corrected chi connectivity index (χ2v) is 4.31. The van der Waals surface area contributed by atoms with Gasteiger partial charge in [0.15, 0.2) is 0 Å². The van der Waals surface area contributed by atoms with Crippen molar-refractivity contribution in [3.8, 4) is 0 Å². The fourth-order valence-corrected chi connectivity index (χ4v) is 1.61. The Bertz CT molecular complexity index is 662. The Balaban J connectivity index is 0.000000224. The van der Waals surface area contributed by atoms with Crippen LogP contribution in [-0.2, 0) is 9.53 Å². The summed E-state index contributed by atoms with van der Waals surface area (Å²) in [7, 11) is 1.18. The lowest BCUT2D eigenvalue weighted by atomic mass is 10.1. The molecule has 22 heavy (non-hydrogen) atoms. The number of rotatable bonds is 3. The Morgan fingerprint density at radius 2 is 1.45 bits per heavy atom. The molecule has 0 heterocycles. The van der Waals surface area contributed by atoms with Crippen molar-refractivity contribution in [1.82, 2.24) is 0 Å². The van der Waals surface area contributed by atoms with Crippen LogP contribution < -0.4 is 0 Å². The predicted octanol–water partition coefficient (Wildman–Crippen LogP) is 2.74. The SMILES string of the molecule is COC(=O)C(=O)c1ccccc1.Cc1ccccc1C(=O)O. The Kier molecular flexibility index (Phi) is 6.50. The summed E-state index contributed by atoms with van der Waals surface area (Å²) in [5.74, 6) is -2.31. The molecule has 2 aromatic rings. The number of esters is 1. The van der Waals surface area contributed by atoms with Gasteiger partial charge in [0.25, 0.3) is 5.78 Å². The number of aromatic carboxylic acids is 1. The maximum atomic E-state index is 11.1. The van der Waals surface area contributed by atoms with E-state index in [1.54, 1.807) is 55.5 Å². The van der Waals surface area contributed by atoms with Crippen LogP contribution in [0.1, 0.15) is 26.3 Å². The number of ether oxygens (including phenoxy) is 1. The monoisotopic (exact) mass is 300 g/mol. The number of carbonyl (C=O) groups excluding carboxylic acids is 2. The van der Waals surface area contributed by atoms with Gasteiger partial charge in [0.1, 0.15) is 0 Å². The van der Waals surface area contributed by atoms with E-state index >= 15 is 0 Å². The molecule has 0 unspecified atom stereocenters. The van der Waals surface area contributed by atoms with E-state index in [0.717, 1.165) is 5.56 Å². The van der Waals surface area contributed by atoms with Gasteiger partial charge in [0.2, 0.25) is 0 Å². The standard InChI is InChI=1S/C9H8O3.C8H8O2/c1-12-9(11)8(10)7-5-3-2-4-6-7;1-6-4-2-3-5-7(6)8(9)10/h2-6H,1H3;2-5H,1H3,(H,9,10). The van der Waals surface area contributed by atoms with Crippen LogP contribution >= 0.6 is 0 Å². The molecule has 0 aliphatic carbocycles. The number of hydrogen-bond donors (Lipinski definition) is 1. The zero-order valence-electron chi connectivity index (χ0n) is 12.3. The topological polar surface area (TPSA) is 80.7 Å². The Hall–Kier alpha value is -2.95. The number of carboxylic acid groups (broad SMARTS) is 1. The van der Waals surface area contributed by atoms with Gasteiger partial charge in [-0.15, -0.1) is 0 Å². The zero-order valence-corrected chi connectivity index (χ0v) is 12.3. The van der Waals surface area contributed by atoms with Crippen molar-refractivity contribution in [2.75, 3.05) is 7.11 Å². The first-order valence-electron chi connectivity index (χ1n) is 6.44. The summed E-state index contributed by atoms with van der Waals surface area (Å²) in [6.07, 6.45) is 0. The third kappa shape index (κ3) is 4.86. The molecule has 0 aliphatic heterocycles. The summed E-state index contributed by atoms with van der Waals surface area (Å²) in [4.78, 5) is 32.3. The highest BCUT2D eigenvalue weighted by Gasteiger charge is 2.15. The molecule has 5 nitrogen and oxygen atoms in total. The van der Waals surface area contributed by atoms with E-state index in [4.69, 9.17) is 5.11 Å². The predicted molar refractivity (Wildman–Crippen MR) is 80.9 cm³/mol. The van der Waals surface area contributed by atoms with E-state index < -0.39 is 17.7 Å². The summed E-state index contributed by atoms with van der Waals surface area (Å²) in [6.45, 7) is 1.78. The fourth-order valence-electron chi connectivity index (χ4n) is 1.61. The number of carboxylic acids is 1. The summed E-state index contributed by atoms with van der Waals surface area (Å²) >= 11 is 0. The van der Waals surface area contributed by atoms with E-state index in [0.29, 0.717) is 11.1 Å². The van der Waals surface area contributed by atoms with E-state index in [-0.39, 0.29) is 0 Å². The third-order valence-corrected chi connectivity index (χ3v) is 2.78. The largest absolute Gasteiger partial charge is 0.478 e. The minimum absolute atomic E-state index is 0.351. The number of benzene rings is 2. The average Bonchev–Trinajstić information content (AvgIpc) is 2.55. The Morgan fingerprint density at radius 3 is 1.91 bits per heavy atom. The van der Waals surface area contributed by atoms with Crippen LogP contribution in [0.3, 0.4) is 0 Å². The number of carbonyl (C=O) groups is 3. The molecule has 0 amide bonds. The van der Waals surface area contributed by atoms with Crippen LogP contribution in [0.5, 0.6) is 0 Å². The van der Waals surface area contributed by atoms with Gasteiger partial charge in [0.05, 0.1) is 12.7 Å². The van der Waals surface area contributed by atoms with Crippen LogP contribution in [0.2, 0.25) is 0 Å². The van der Waals surface area contributed by atoms with Crippen LogP contribution in [0.25, 0.3) is 0 Å². The highest BCUT2D eigenvalue weighted by atomic mass is 16.5. The van der Waals surface area contributed by atoms with Gasteiger partial charge in [-0.25, -0.2) is 9.59 Å². The molecule has 0 atom stereocenters. The first kappa shape index (κ1) is 17.1. The molecule has 2 rings (SSSR count). The molecule has 5 heteroatoms. The van der Waals surface area contributed by atoms with Crippen molar-refractivity contribution in [3.05, 3.63) is 71.3 Å². The van der Waals surface area contributed by atoms with Gasteiger partial charge < -0.3 is 9.84 Å². The fraction of sp³-hybridized carbons (Fsp3) is 0.118. The van der Waals surface area contributed by atoms with Crippen molar-refractivity contribution < 1.29 is 24.2 Å². The molecule has 0 fully saturated rings. The van der Waals surface area contributed by atoms with Crippen molar-refractivity contribution in [2.45, 2.75) is 6.92 Å². The maximum Gasteiger partial charge on any atom is 0.379 e. The van der Waals surface area contributed by atoms with Gasteiger partial charge in [-0.05, 0) is 18.6 Å². The molecule has 0 spiro atoms.